The molecule has 0 spiro atoms. The maximum atomic E-state index is 11.9. The van der Waals surface area contributed by atoms with Crippen LogP contribution >= 0.6 is 23.7 Å². The molecule has 0 fully saturated rings. The van der Waals surface area contributed by atoms with Crippen molar-refractivity contribution in [1.82, 2.24) is 4.72 Å². The van der Waals surface area contributed by atoms with E-state index in [0.717, 1.165) is 19.3 Å². The highest BCUT2D eigenvalue weighted by Gasteiger charge is 2.19. The van der Waals surface area contributed by atoms with Gasteiger partial charge in [0.1, 0.15) is 4.21 Å². The van der Waals surface area contributed by atoms with Crippen LogP contribution in [0, 0.1) is 0 Å². The number of thiophene rings is 1. The molecule has 17 heavy (non-hydrogen) atoms. The number of sulfonamides is 1. The smallest absolute Gasteiger partial charge is 0.250 e. The third-order valence-electron chi connectivity index (χ3n) is 2.27. The lowest BCUT2D eigenvalue weighted by Crippen LogP contribution is -2.39. The SMILES string of the molecule is CCCCC(CN)NS(=O)(=O)c1cccs1.Cl. The first-order chi connectivity index (χ1) is 7.60. The second-order valence-electron chi connectivity index (χ2n) is 3.63. The van der Waals surface area contributed by atoms with Crippen LogP contribution in [-0.4, -0.2) is 21.0 Å². The van der Waals surface area contributed by atoms with E-state index in [-0.39, 0.29) is 18.4 Å². The predicted molar refractivity (Wildman–Crippen MR) is 74.3 cm³/mol. The second-order valence-corrected chi connectivity index (χ2v) is 6.52. The molecule has 0 saturated carbocycles. The molecule has 1 aromatic heterocycles. The Morgan fingerprint density at radius 3 is 2.71 bits per heavy atom. The quantitative estimate of drug-likeness (QED) is 0.808. The van der Waals surface area contributed by atoms with Crippen molar-refractivity contribution in [2.45, 2.75) is 36.4 Å². The topological polar surface area (TPSA) is 72.2 Å². The molecule has 1 unspecified atom stereocenters. The lowest BCUT2D eigenvalue weighted by Gasteiger charge is -2.15. The Balaban J connectivity index is 0.00000256. The number of nitrogens with two attached hydrogens (primary N) is 1. The van der Waals surface area contributed by atoms with Gasteiger partial charge in [0.25, 0.3) is 0 Å². The van der Waals surface area contributed by atoms with Crippen molar-refractivity contribution in [2.24, 2.45) is 5.73 Å². The average molecular weight is 299 g/mol. The van der Waals surface area contributed by atoms with Crippen molar-refractivity contribution < 1.29 is 8.42 Å². The Labute approximate surface area is 113 Å². The normalized spacial score (nSPS) is 13.1. The number of hydrogen-bond donors (Lipinski definition) is 2. The zero-order chi connectivity index (χ0) is 12.0. The van der Waals surface area contributed by atoms with Crippen LogP contribution in [0.25, 0.3) is 0 Å². The number of unbranched alkanes of at least 4 members (excludes halogenated alkanes) is 1. The zero-order valence-corrected chi connectivity index (χ0v) is 12.2. The molecule has 1 rings (SSSR count). The Kier molecular flexibility index (Phi) is 7.98. The first kappa shape index (κ1) is 16.9. The third kappa shape index (κ3) is 5.35. The molecule has 7 heteroatoms. The molecule has 0 aromatic carbocycles. The molecule has 100 valence electrons. The summed E-state index contributed by atoms with van der Waals surface area (Å²) < 4.78 is 26.7. The molecule has 0 radical (unpaired) electrons. The lowest BCUT2D eigenvalue weighted by molar-refractivity contribution is 0.517. The van der Waals surface area contributed by atoms with Gasteiger partial charge in [0.2, 0.25) is 10.0 Å². The van der Waals surface area contributed by atoms with Crippen molar-refractivity contribution in [2.75, 3.05) is 6.54 Å². The second kappa shape index (κ2) is 8.05. The summed E-state index contributed by atoms with van der Waals surface area (Å²) in [7, 11) is -3.37. The average Bonchev–Trinajstić information content (AvgIpc) is 2.78. The summed E-state index contributed by atoms with van der Waals surface area (Å²) in [4.78, 5) is 0. The van der Waals surface area contributed by atoms with E-state index in [9.17, 15) is 8.42 Å². The van der Waals surface area contributed by atoms with Crippen molar-refractivity contribution in [3.8, 4) is 0 Å². The minimum Gasteiger partial charge on any atom is -0.329 e. The van der Waals surface area contributed by atoms with Gasteiger partial charge in [-0.15, -0.1) is 23.7 Å². The summed E-state index contributed by atoms with van der Waals surface area (Å²) in [6.45, 7) is 2.41. The van der Waals surface area contributed by atoms with Gasteiger partial charge in [-0.1, -0.05) is 25.8 Å². The van der Waals surface area contributed by atoms with Crippen molar-refractivity contribution in [3.63, 3.8) is 0 Å². The van der Waals surface area contributed by atoms with E-state index < -0.39 is 10.0 Å². The van der Waals surface area contributed by atoms with Crippen LogP contribution in [-0.2, 0) is 10.0 Å². The molecule has 1 aromatic rings. The standard InChI is InChI=1S/C10H18N2O2S2.ClH/c1-2-3-5-9(8-11)12-16(13,14)10-6-4-7-15-10;/h4,6-7,9,12H,2-3,5,8,11H2,1H3;1H. The first-order valence-corrected chi connectivity index (χ1v) is 7.72. The highest BCUT2D eigenvalue weighted by molar-refractivity contribution is 7.91. The molecular weight excluding hydrogens is 280 g/mol. The summed E-state index contributed by atoms with van der Waals surface area (Å²) in [5.74, 6) is 0. The van der Waals surface area contributed by atoms with Crippen LogP contribution in [0.15, 0.2) is 21.7 Å². The van der Waals surface area contributed by atoms with Gasteiger partial charge < -0.3 is 5.73 Å². The minimum atomic E-state index is -3.37. The van der Waals surface area contributed by atoms with Crippen molar-refractivity contribution >= 4 is 33.8 Å². The molecule has 1 atom stereocenters. The zero-order valence-electron chi connectivity index (χ0n) is 9.76. The fraction of sp³-hybridized carbons (Fsp3) is 0.600. The van der Waals surface area contributed by atoms with Crippen LogP contribution in [0.2, 0.25) is 0 Å². The number of hydrogen-bond acceptors (Lipinski definition) is 4. The van der Waals surface area contributed by atoms with Crippen LogP contribution in [0.4, 0.5) is 0 Å². The number of nitrogens with one attached hydrogen (secondary N) is 1. The van der Waals surface area contributed by atoms with Gasteiger partial charge in [0.05, 0.1) is 0 Å². The van der Waals surface area contributed by atoms with E-state index in [1.54, 1.807) is 17.5 Å². The van der Waals surface area contributed by atoms with Gasteiger partial charge in [-0.05, 0) is 17.9 Å². The van der Waals surface area contributed by atoms with Crippen molar-refractivity contribution in [3.05, 3.63) is 17.5 Å². The molecule has 0 bridgehead atoms. The van der Waals surface area contributed by atoms with Gasteiger partial charge in [-0.25, -0.2) is 13.1 Å². The largest absolute Gasteiger partial charge is 0.329 e. The molecule has 0 aliphatic heterocycles. The van der Waals surface area contributed by atoms with E-state index in [2.05, 4.69) is 11.6 Å². The fourth-order valence-corrected chi connectivity index (χ4v) is 3.66. The Bertz CT molecular complexity index is 392. The van der Waals surface area contributed by atoms with Crippen LogP contribution in [0.5, 0.6) is 0 Å². The maximum absolute atomic E-state index is 11.9. The lowest BCUT2D eigenvalue weighted by atomic mass is 10.1. The molecule has 1 heterocycles. The van der Waals surface area contributed by atoms with E-state index in [1.807, 2.05) is 0 Å². The molecule has 0 saturated heterocycles. The molecule has 4 nitrogen and oxygen atoms in total. The molecule has 0 aliphatic rings. The van der Waals surface area contributed by atoms with Gasteiger partial charge in [-0.3, -0.25) is 0 Å². The molecule has 3 N–H and O–H groups in total. The van der Waals surface area contributed by atoms with Crippen LogP contribution in [0.1, 0.15) is 26.2 Å². The van der Waals surface area contributed by atoms with E-state index in [1.165, 1.54) is 11.3 Å². The summed E-state index contributed by atoms with van der Waals surface area (Å²) in [5.41, 5.74) is 5.55. The van der Waals surface area contributed by atoms with Crippen LogP contribution in [0.3, 0.4) is 0 Å². The number of rotatable bonds is 7. The highest BCUT2D eigenvalue weighted by atomic mass is 35.5. The van der Waals surface area contributed by atoms with Crippen LogP contribution < -0.4 is 10.5 Å². The Morgan fingerprint density at radius 1 is 1.53 bits per heavy atom. The molecular formula is C10H19ClN2O2S2. The Morgan fingerprint density at radius 2 is 2.24 bits per heavy atom. The van der Waals surface area contributed by atoms with Gasteiger partial charge in [0.15, 0.2) is 0 Å². The Hall–Kier alpha value is -0.140. The van der Waals surface area contributed by atoms with E-state index in [4.69, 9.17) is 5.73 Å². The first-order valence-electron chi connectivity index (χ1n) is 5.36. The summed E-state index contributed by atoms with van der Waals surface area (Å²) in [5, 5.41) is 1.75. The van der Waals surface area contributed by atoms with Gasteiger partial charge in [0, 0.05) is 12.6 Å². The number of halogens is 1. The monoisotopic (exact) mass is 298 g/mol. The maximum Gasteiger partial charge on any atom is 0.250 e. The summed E-state index contributed by atoms with van der Waals surface area (Å²) >= 11 is 1.21. The van der Waals surface area contributed by atoms with E-state index in [0.29, 0.717) is 10.8 Å². The fourth-order valence-electron chi connectivity index (χ4n) is 1.37. The summed E-state index contributed by atoms with van der Waals surface area (Å²) in [6, 6.07) is 3.16. The van der Waals surface area contributed by atoms with Gasteiger partial charge in [-0.2, -0.15) is 0 Å². The summed E-state index contributed by atoms with van der Waals surface area (Å²) in [6.07, 6.45) is 2.81. The van der Waals surface area contributed by atoms with Crippen molar-refractivity contribution in [1.29, 1.82) is 0 Å². The predicted octanol–water partition coefficient (Wildman–Crippen LogP) is 1.97. The van der Waals surface area contributed by atoms with Gasteiger partial charge >= 0.3 is 0 Å². The highest BCUT2D eigenvalue weighted by Crippen LogP contribution is 2.16. The van der Waals surface area contributed by atoms with E-state index >= 15 is 0 Å². The molecule has 0 amide bonds. The minimum absolute atomic E-state index is 0. The third-order valence-corrected chi connectivity index (χ3v) is 5.19. The molecule has 0 aliphatic carbocycles.